The minimum absolute atomic E-state index is 0.151. The Hall–Kier alpha value is -1.55. The van der Waals surface area contributed by atoms with Crippen molar-refractivity contribution in [2.24, 2.45) is 0 Å². The monoisotopic (exact) mass is 253 g/mol. The summed E-state index contributed by atoms with van der Waals surface area (Å²) in [6, 6.07) is 5.98. The van der Waals surface area contributed by atoms with E-state index in [1.807, 2.05) is 0 Å². The van der Waals surface area contributed by atoms with E-state index in [2.05, 4.69) is 0 Å². The third-order valence-electron chi connectivity index (χ3n) is 2.93. The lowest BCUT2D eigenvalue weighted by Gasteiger charge is -2.20. The van der Waals surface area contributed by atoms with Crippen LogP contribution < -0.4 is 0 Å². The van der Waals surface area contributed by atoms with E-state index < -0.39 is 12.1 Å². The number of carboxylic acid groups (broad SMARTS) is 1. The summed E-state index contributed by atoms with van der Waals surface area (Å²) in [6.45, 7) is 0.430. The zero-order valence-corrected chi connectivity index (χ0v) is 9.85. The lowest BCUT2D eigenvalue weighted by atomic mass is 10.0. The van der Waals surface area contributed by atoms with E-state index >= 15 is 0 Å². The van der Waals surface area contributed by atoms with Gasteiger partial charge in [0.05, 0.1) is 6.04 Å². The fourth-order valence-electron chi connectivity index (χ4n) is 2.07. The molecule has 17 heavy (non-hydrogen) atoms. The Labute approximate surface area is 104 Å². The molecule has 5 heteroatoms. The van der Waals surface area contributed by atoms with E-state index in [0.717, 1.165) is 6.42 Å². The Morgan fingerprint density at radius 2 is 1.94 bits per heavy atom. The second kappa shape index (κ2) is 4.75. The van der Waals surface area contributed by atoms with Gasteiger partial charge in [-0.25, -0.2) is 4.79 Å². The normalized spacial score (nSPS) is 19.4. The molecule has 0 spiro atoms. The van der Waals surface area contributed by atoms with Crippen LogP contribution in [0.5, 0.6) is 0 Å². The molecule has 1 aromatic carbocycles. The number of amides is 1. The average Bonchev–Trinajstić information content (AvgIpc) is 2.78. The Morgan fingerprint density at radius 3 is 2.53 bits per heavy atom. The number of hydrogen-bond acceptors (Lipinski definition) is 2. The molecule has 2 rings (SSSR count). The SMILES string of the molecule is O=C(c1ccc(Cl)cc1)[C@@H]1CCCN1C(=O)O. The van der Waals surface area contributed by atoms with Crippen molar-refractivity contribution >= 4 is 23.5 Å². The van der Waals surface area contributed by atoms with Crippen LogP contribution in [0.3, 0.4) is 0 Å². The minimum atomic E-state index is -1.03. The quantitative estimate of drug-likeness (QED) is 0.825. The van der Waals surface area contributed by atoms with Gasteiger partial charge in [-0.05, 0) is 37.1 Å². The fraction of sp³-hybridized carbons (Fsp3) is 0.333. The summed E-state index contributed by atoms with van der Waals surface area (Å²) in [5, 5.41) is 9.53. The summed E-state index contributed by atoms with van der Waals surface area (Å²) in [5.41, 5.74) is 0.507. The predicted octanol–water partition coefficient (Wildman–Crippen LogP) is 2.67. The van der Waals surface area contributed by atoms with E-state index in [1.54, 1.807) is 24.3 Å². The second-order valence-corrected chi connectivity index (χ2v) is 4.44. The topological polar surface area (TPSA) is 57.6 Å². The number of ketones is 1. The maximum Gasteiger partial charge on any atom is 0.407 e. The summed E-state index contributed by atoms with van der Waals surface area (Å²) in [6.07, 6.45) is 0.291. The molecular weight excluding hydrogens is 242 g/mol. The van der Waals surface area contributed by atoms with Gasteiger partial charge in [0.15, 0.2) is 5.78 Å². The first kappa shape index (κ1) is 11.9. The Morgan fingerprint density at radius 1 is 1.29 bits per heavy atom. The van der Waals surface area contributed by atoms with Crippen molar-refractivity contribution in [3.8, 4) is 0 Å². The minimum Gasteiger partial charge on any atom is -0.465 e. The van der Waals surface area contributed by atoms with Crippen molar-refractivity contribution in [2.75, 3.05) is 6.54 Å². The largest absolute Gasteiger partial charge is 0.465 e. The number of carbonyl (C=O) groups is 2. The molecule has 1 fully saturated rings. The van der Waals surface area contributed by atoms with Gasteiger partial charge in [-0.15, -0.1) is 0 Å². The predicted molar refractivity (Wildman–Crippen MR) is 63.5 cm³/mol. The van der Waals surface area contributed by atoms with Crippen LogP contribution in [0.2, 0.25) is 5.02 Å². The molecule has 1 saturated heterocycles. The third-order valence-corrected chi connectivity index (χ3v) is 3.18. The highest BCUT2D eigenvalue weighted by Crippen LogP contribution is 2.22. The van der Waals surface area contributed by atoms with Crippen molar-refractivity contribution in [2.45, 2.75) is 18.9 Å². The lowest BCUT2D eigenvalue weighted by molar-refractivity contribution is 0.0845. The van der Waals surface area contributed by atoms with Crippen LogP contribution >= 0.6 is 11.6 Å². The summed E-state index contributed by atoms with van der Waals surface area (Å²) in [7, 11) is 0. The first-order chi connectivity index (χ1) is 8.09. The molecule has 1 aliphatic rings. The van der Waals surface area contributed by atoms with Gasteiger partial charge < -0.3 is 5.11 Å². The number of benzene rings is 1. The molecular formula is C12H12ClNO3. The number of rotatable bonds is 2. The highest BCUT2D eigenvalue weighted by molar-refractivity contribution is 6.30. The highest BCUT2D eigenvalue weighted by atomic mass is 35.5. The molecule has 0 radical (unpaired) electrons. The van der Waals surface area contributed by atoms with Gasteiger partial charge in [-0.2, -0.15) is 0 Å². The zero-order valence-electron chi connectivity index (χ0n) is 9.10. The van der Waals surface area contributed by atoms with Gasteiger partial charge in [0.1, 0.15) is 0 Å². The zero-order chi connectivity index (χ0) is 12.4. The summed E-state index contributed by atoms with van der Waals surface area (Å²) >= 11 is 5.74. The van der Waals surface area contributed by atoms with Crippen molar-refractivity contribution in [3.05, 3.63) is 34.9 Å². The van der Waals surface area contributed by atoms with Crippen LogP contribution in [0, 0.1) is 0 Å². The van der Waals surface area contributed by atoms with Crippen LogP contribution in [0.4, 0.5) is 4.79 Å². The van der Waals surface area contributed by atoms with Crippen molar-refractivity contribution in [1.82, 2.24) is 4.90 Å². The molecule has 0 saturated carbocycles. The van der Waals surface area contributed by atoms with Crippen LogP contribution in [0.1, 0.15) is 23.2 Å². The van der Waals surface area contributed by atoms with Gasteiger partial charge >= 0.3 is 6.09 Å². The maximum absolute atomic E-state index is 12.1. The van der Waals surface area contributed by atoms with Gasteiger partial charge in [0, 0.05) is 17.1 Å². The molecule has 1 N–H and O–H groups in total. The average molecular weight is 254 g/mol. The van der Waals surface area contributed by atoms with Crippen molar-refractivity contribution in [1.29, 1.82) is 0 Å². The number of hydrogen-bond donors (Lipinski definition) is 1. The first-order valence-electron chi connectivity index (χ1n) is 5.39. The van der Waals surface area contributed by atoms with E-state index in [0.29, 0.717) is 23.6 Å². The third kappa shape index (κ3) is 2.42. The van der Waals surface area contributed by atoms with Crippen molar-refractivity contribution in [3.63, 3.8) is 0 Å². The second-order valence-electron chi connectivity index (χ2n) is 4.01. The smallest absolute Gasteiger partial charge is 0.407 e. The van der Waals surface area contributed by atoms with Crippen molar-refractivity contribution < 1.29 is 14.7 Å². The molecule has 90 valence electrons. The van der Waals surface area contributed by atoms with E-state index in [1.165, 1.54) is 4.90 Å². The molecule has 0 aliphatic carbocycles. The fourth-order valence-corrected chi connectivity index (χ4v) is 2.20. The summed E-state index contributed by atoms with van der Waals surface area (Å²) < 4.78 is 0. The van der Waals surface area contributed by atoms with Crippen LogP contribution in [0.25, 0.3) is 0 Å². The van der Waals surface area contributed by atoms with E-state index in [-0.39, 0.29) is 5.78 Å². The van der Waals surface area contributed by atoms with Gasteiger partial charge in [-0.3, -0.25) is 9.69 Å². The molecule has 1 aromatic rings. The number of nitrogens with zero attached hydrogens (tertiary/aromatic N) is 1. The lowest BCUT2D eigenvalue weighted by Crippen LogP contribution is -2.39. The number of carbonyl (C=O) groups excluding carboxylic acids is 1. The number of likely N-dealkylation sites (tertiary alicyclic amines) is 1. The first-order valence-corrected chi connectivity index (χ1v) is 5.77. The van der Waals surface area contributed by atoms with Gasteiger partial charge in [-0.1, -0.05) is 11.6 Å². The molecule has 0 aromatic heterocycles. The van der Waals surface area contributed by atoms with Gasteiger partial charge in [0.25, 0.3) is 0 Å². The molecule has 4 nitrogen and oxygen atoms in total. The summed E-state index contributed by atoms with van der Waals surface area (Å²) in [5.74, 6) is -0.151. The maximum atomic E-state index is 12.1. The van der Waals surface area contributed by atoms with Crippen LogP contribution in [0.15, 0.2) is 24.3 Å². The van der Waals surface area contributed by atoms with E-state index in [9.17, 15) is 9.59 Å². The molecule has 1 heterocycles. The number of Topliss-reactive ketones (excluding diaryl/α,β-unsaturated/α-hetero) is 1. The molecule has 1 atom stereocenters. The Balaban J connectivity index is 2.19. The molecule has 1 aliphatic heterocycles. The standard InChI is InChI=1S/C12H12ClNO3/c13-9-5-3-8(4-6-9)11(15)10-2-1-7-14(10)12(16)17/h3-6,10H,1-2,7H2,(H,16,17)/t10-/m0/s1. The Bertz CT molecular complexity index is 444. The molecule has 1 amide bonds. The number of halogens is 1. The molecule has 0 unspecified atom stereocenters. The summed E-state index contributed by atoms with van der Waals surface area (Å²) in [4.78, 5) is 24.3. The Kier molecular flexibility index (Phi) is 3.33. The van der Waals surface area contributed by atoms with Crippen LogP contribution in [-0.4, -0.2) is 34.5 Å². The van der Waals surface area contributed by atoms with Crippen LogP contribution in [-0.2, 0) is 0 Å². The van der Waals surface area contributed by atoms with E-state index in [4.69, 9.17) is 16.7 Å². The highest BCUT2D eigenvalue weighted by Gasteiger charge is 2.34. The van der Waals surface area contributed by atoms with Gasteiger partial charge in [0.2, 0.25) is 0 Å². The molecule has 0 bridgehead atoms.